The Balaban J connectivity index is 1.39. The van der Waals surface area contributed by atoms with Crippen molar-refractivity contribution in [3.8, 4) is 28.8 Å². The molecule has 8 heteroatoms. The molecular weight excluding hydrogens is 366 g/mol. The third kappa shape index (κ3) is 3.83. The molecule has 0 spiro atoms. The number of benzene rings is 1. The summed E-state index contributed by atoms with van der Waals surface area (Å²) in [5.74, 6) is 1.37. The Bertz CT molecular complexity index is 1050. The summed E-state index contributed by atoms with van der Waals surface area (Å²) in [5, 5.41) is 13.0. The van der Waals surface area contributed by atoms with Crippen LogP contribution in [0.2, 0.25) is 5.02 Å². The minimum Gasteiger partial charge on any atom is -0.463 e. The summed E-state index contributed by atoms with van der Waals surface area (Å²) in [7, 11) is 1.84. The molecule has 0 aliphatic carbocycles. The van der Waals surface area contributed by atoms with Gasteiger partial charge in [0.15, 0.2) is 5.82 Å². The fourth-order valence-corrected chi connectivity index (χ4v) is 2.81. The van der Waals surface area contributed by atoms with E-state index < -0.39 is 0 Å². The Hall–Kier alpha value is -3.19. The molecular formula is C19H16ClN5O2. The van der Waals surface area contributed by atoms with E-state index in [-0.39, 0.29) is 0 Å². The minimum absolute atomic E-state index is 0.387. The van der Waals surface area contributed by atoms with Gasteiger partial charge in [-0.05, 0) is 24.3 Å². The second-order valence-corrected chi connectivity index (χ2v) is 6.30. The van der Waals surface area contributed by atoms with Crippen LogP contribution in [-0.2, 0) is 13.5 Å². The zero-order chi connectivity index (χ0) is 18.6. The van der Waals surface area contributed by atoms with Crippen molar-refractivity contribution in [1.82, 2.24) is 24.9 Å². The predicted molar refractivity (Wildman–Crippen MR) is 100 cm³/mol. The quantitative estimate of drug-likeness (QED) is 0.505. The van der Waals surface area contributed by atoms with Crippen LogP contribution in [0.3, 0.4) is 0 Å². The Morgan fingerprint density at radius 3 is 2.81 bits per heavy atom. The normalized spacial score (nSPS) is 10.9. The van der Waals surface area contributed by atoms with Gasteiger partial charge in [0.2, 0.25) is 0 Å². The molecule has 27 heavy (non-hydrogen) atoms. The number of ether oxygens (including phenoxy) is 1. The molecule has 7 nitrogen and oxygen atoms in total. The standard InChI is InChI=1S/C19H16ClN5O2/c1-25-18(16-7-2-3-9-21-16)22-23-19(25)26-10-8-15-12-17(24-27-15)13-5-4-6-14(20)11-13/h2-7,9,11-12H,8,10H2,1H3. The van der Waals surface area contributed by atoms with E-state index in [0.29, 0.717) is 29.9 Å². The second-order valence-electron chi connectivity index (χ2n) is 5.87. The maximum atomic E-state index is 6.02. The lowest BCUT2D eigenvalue weighted by molar-refractivity contribution is 0.269. The van der Waals surface area contributed by atoms with E-state index in [1.807, 2.05) is 55.6 Å². The molecule has 0 saturated heterocycles. The van der Waals surface area contributed by atoms with Gasteiger partial charge in [-0.2, -0.15) is 0 Å². The summed E-state index contributed by atoms with van der Waals surface area (Å²) in [6, 6.07) is 15.4. The van der Waals surface area contributed by atoms with Crippen molar-refractivity contribution in [2.75, 3.05) is 6.61 Å². The van der Waals surface area contributed by atoms with Crippen LogP contribution in [0.5, 0.6) is 6.01 Å². The number of nitrogens with zero attached hydrogens (tertiary/aromatic N) is 5. The zero-order valence-electron chi connectivity index (χ0n) is 14.5. The summed E-state index contributed by atoms with van der Waals surface area (Å²) in [6.45, 7) is 0.387. The first-order chi connectivity index (χ1) is 13.2. The lowest BCUT2D eigenvalue weighted by Gasteiger charge is -2.04. The molecule has 0 bridgehead atoms. The highest BCUT2D eigenvalue weighted by Crippen LogP contribution is 2.23. The van der Waals surface area contributed by atoms with Crippen molar-refractivity contribution < 1.29 is 9.26 Å². The second kappa shape index (κ2) is 7.59. The molecule has 0 amide bonds. The summed E-state index contributed by atoms with van der Waals surface area (Å²) < 4.78 is 12.9. The maximum Gasteiger partial charge on any atom is 0.317 e. The molecule has 4 rings (SSSR count). The van der Waals surface area contributed by atoms with Crippen molar-refractivity contribution in [1.29, 1.82) is 0 Å². The summed E-state index contributed by atoms with van der Waals surface area (Å²) >= 11 is 6.02. The topological polar surface area (TPSA) is 78.9 Å². The van der Waals surface area contributed by atoms with Gasteiger partial charge in [-0.25, -0.2) is 0 Å². The average molecular weight is 382 g/mol. The van der Waals surface area contributed by atoms with Crippen molar-refractivity contribution in [2.45, 2.75) is 6.42 Å². The van der Waals surface area contributed by atoms with Gasteiger partial charge in [0, 0.05) is 36.3 Å². The van der Waals surface area contributed by atoms with Crippen molar-refractivity contribution >= 4 is 11.6 Å². The van der Waals surface area contributed by atoms with Crippen LogP contribution in [0.1, 0.15) is 5.76 Å². The van der Waals surface area contributed by atoms with Gasteiger partial charge in [0.1, 0.15) is 17.1 Å². The molecule has 0 N–H and O–H groups in total. The highest BCUT2D eigenvalue weighted by Gasteiger charge is 2.13. The Labute approximate surface area is 160 Å². The van der Waals surface area contributed by atoms with Gasteiger partial charge in [-0.15, -0.1) is 5.10 Å². The molecule has 0 unspecified atom stereocenters. The molecule has 0 saturated carbocycles. The maximum absolute atomic E-state index is 6.02. The molecule has 3 aromatic heterocycles. The molecule has 0 atom stereocenters. The lowest BCUT2D eigenvalue weighted by atomic mass is 10.1. The molecule has 0 fully saturated rings. The van der Waals surface area contributed by atoms with Gasteiger partial charge < -0.3 is 9.26 Å². The molecule has 3 heterocycles. The van der Waals surface area contributed by atoms with E-state index in [4.69, 9.17) is 20.9 Å². The van der Waals surface area contributed by atoms with Crippen LogP contribution >= 0.6 is 11.6 Å². The van der Waals surface area contributed by atoms with Gasteiger partial charge in [0.05, 0.1) is 6.61 Å². The average Bonchev–Trinajstić information content (AvgIpc) is 3.30. The van der Waals surface area contributed by atoms with E-state index in [0.717, 1.165) is 22.7 Å². The third-order valence-corrected chi connectivity index (χ3v) is 4.22. The van der Waals surface area contributed by atoms with Crippen molar-refractivity contribution in [3.63, 3.8) is 0 Å². The first kappa shape index (κ1) is 17.2. The van der Waals surface area contributed by atoms with Crippen LogP contribution in [-0.4, -0.2) is 31.5 Å². The van der Waals surface area contributed by atoms with Gasteiger partial charge >= 0.3 is 6.01 Å². The fraction of sp³-hybridized carbons (Fsp3) is 0.158. The van der Waals surface area contributed by atoms with Crippen LogP contribution in [0.4, 0.5) is 0 Å². The van der Waals surface area contributed by atoms with Crippen LogP contribution in [0.15, 0.2) is 59.3 Å². The number of halogens is 1. The van der Waals surface area contributed by atoms with Crippen molar-refractivity contribution in [3.05, 3.63) is 65.5 Å². The fourth-order valence-electron chi connectivity index (χ4n) is 2.62. The molecule has 136 valence electrons. The number of pyridine rings is 1. The summed E-state index contributed by atoms with van der Waals surface area (Å²) in [6.07, 6.45) is 2.27. The van der Waals surface area contributed by atoms with Crippen molar-refractivity contribution in [2.24, 2.45) is 7.05 Å². The van der Waals surface area contributed by atoms with E-state index >= 15 is 0 Å². The van der Waals surface area contributed by atoms with Crippen LogP contribution < -0.4 is 4.74 Å². The lowest BCUT2D eigenvalue weighted by Crippen LogP contribution is -2.05. The first-order valence-corrected chi connectivity index (χ1v) is 8.73. The van der Waals surface area contributed by atoms with E-state index in [9.17, 15) is 0 Å². The largest absolute Gasteiger partial charge is 0.463 e. The molecule has 0 radical (unpaired) electrons. The summed E-state index contributed by atoms with van der Waals surface area (Å²) in [5.41, 5.74) is 2.39. The number of hydrogen-bond acceptors (Lipinski definition) is 6. The first-order valence-electron chi connectivity index (χ1n) is 8.36. The molecule has 1 aromatic carbocycles. The van der Waals surface area contributed by atoms with Gasteiger partial charge in [-0.1, -0.05) is 40.1 Å². The Kier molecular flexibility index (Phi) is 4.84. The monoisotopic (exact) mass is 381 g/mol. The smallest absolute Gasteiger partial charge is 0.317 e. The minimum atomic E-state index is 0.387. The molecule has 0 aliphatic rings. The molecule has 4 aromatic rings. The van der Waals surface area contributed by atoms with E-state index in [1.165, 1.54) is 0 Å². The molecule has 0 aliphatic heterocycles. The van der Waals surface area contributed by atoms with Gasteiger partial charge in [-0.3, -0.25) is 9.55 Å². The SMILES string of the molecule is Cn1c(OCCc2cc(-c3cccc(Cl)c3)no2)nnc1-c1ccccn1. The highest BCUT2D eigenvalue weighted by molar-refractivity contribution is 6.30. The highest BCUT2D eigenvalue weighted by atomic mass is 35.5. The number of rotatable bonds is 6. The van der Waals surface area contributed by atoms with E-state index in [1.54, 1.807) is 10.8 Å². The predicted octanol–water partition coefficient (Wildman–Crippen LogP) is 3.81. The number of aromatic nitrogens is 5. The van der Waals surface area contributed by atoms with E-state index in [2.05, 4.69) is 20.3 Å². The summed E-state index contributed by atoms with van der Waals surface area (Å²) in [4.78, 5) is 4.28. The zero-order valence-corrected chi connectivity index (χ0v) is 15.3. The number of hydrogen-bond donors (Lipinski definition) is 0. The van der Waals surface area contributed by atoms with Gasteiger partial charge in [0.25, 0.3) is 0 Å². The Morgan fingerprint density at radius 1 is 1.07 bits per heavy atom. The van der Waals surface area contributed by atoms with Crippen LogP contribution in [0, 0.1) is 0 Å². The van der Waals surface area contributed by atoms with Crippen LogP contribution in [0.25, 0.3) is 22.8 Å². The third-order valence-electron chi connectivity index (χ3n) is 3.99. The Morgan fingerprint density at radius 2 is 2.00 bits per heavy atom.